The molecule has 0 radical (unpaired) electrons. The average Bonchev–Trinajstić information content (AvgIpc) is 3.10. The molecule has 8 heteroatoms. The van der Waals surface area contributed by atoms with E-state index in [-0.39, 0.29) is 11.1 Å². The van der Waals surface area contributed by atoms with Crippen LogP contribution in [0, 0.1) is 0 Å². The number of imide groups is 1. The number of benzene rings is 2. The van der Waals surface area contributed by atoms with Crippen LogP contribution in [0.25, 0.3) is 28.1 Å². The first-order chi connectivity index (χ1) is 15.5. The van der Waals surface area contributed by atoms with E-state index in [1.165, 1.54) is 0 Å². The Bertz CT molecular complexity index is 1270. The number of aromatic nitrogens is 1. The average molecular weight is 465 g/mol. The summed E-state index contributed by atoms with van der Waals surface area (Å²) in [6, 6.07) is 14.0. The monoisotopic (exact) mass is 464 g/mol. The van der Waals surface area contributed by atoms with Crippen LogP contribution in [0.4, 0.5) is 10.5 Å². The number of hydrogen-bond acceptors (Lipinski definition) is 6. The summed E-state index contributed by atoms with van der Waals surface area (Å²) in [7, 11) is 2.14. The van der Waals surface area contributed by atoms with Crippen molar-refractivity contribution in [2.45, 2.75) is 0 Å². The van der Waals surface area contributed by atoms with Gasteiger partial charge in [-0.1, -0.05) is 23.7 Å². The van der Waals surface area contributed by atoms with Gasteiger partial charge in [0.1, 0.15) is 0 Å². The molecule has 2 aliphatic rings. The molecule has 2 fully saturated rings. The Morgan fingerprint density at radius 1 is 1.06 bits per heavy atom. The van der Waals surface area contributed by atoms with E-state index >= 15 is 0 Å². The van der Waals surface area contributed by atoms with Gasteiger partial charge < -0.3 is 9.80 Å². The molecule has 5 rings (SSSR count). The third-order valence-corrected chi connectivity index (χ3v) is 6.92. The Morgan fingerprint density at radius 2 is 1.88 bits per heavy atom. The fourth-order valence-electron chi connectivity index (χ4n) is 4.06. The van der Waals surface area contributed by atoms with Crippen molar-refractivity contribution in [1.29, 1.82) is 0 Å². The maximum atomic E-state index is 11.9. The number of carbonyl (C=O) groups is 2. The minimum absolute atomic E-state index is 0.348. The zero-order valence-corrected chi connectivity index (χ0v) is 19.0. The third kappa shape index (κ3) is 4.11. The molecule has 0 saturated carbocycles. The van der Waals surface area contributed by atoms with Gasteiger partial charge in [-0.05, 0) is 71.9 Å². The molecule has 0 atom stereocenters. The number of carbonyl (C=O) groups excluding carboxylic acids is 2. The van der Waals surface area contributed by atoms with E-state index in [2.05, 4.69) is 39.3 Å². The zero-order valence-electron chi connectivity index (χ0n) is 17.5. The van der Waals surface area contributed by atoms with Gasteiger partial charge in [0.05, 0.1) is 21.1 Å². The molecule has 3 aromatic rings. The zero-order chi connectivity index (χ0) is 22.2. The summed E-state index contributed by atoms with van der Waals surface area (Å²) in [5, 5.41) is 3.63. The van der Waals surface area contributed by atoms with Gasteiger partial charge in [-0.25, -0.2) is 0 Å². The van der Waals surface area contributed by atoms with Crippen LogP contribution < -0.4 is 10.2 Å². The van der Waals surface area contributed by atoms with E-state index in [0.29, 0.717) is 4.91 Å². The van der Waals surface area contributed by atoms with Crippen LogP contribution in [0.1, 0.15) is 5.56 Å². The first kappa shape index (κ1) is 21.0. The van der Waals surface area contributed by atoms with Crippen molar-refractivity contribution in [2.75, 3.05) is 38.1 Å². The van der Waals surface area contributed by atoms with E-state index in [0.717, 1.165) is 76.2 Å². The lowest BCUT2D eigenvalue weighted by Gasteiger charge is -2.34. The Balaban J connectivity index is 1.51. The number of anilines is 1. The van der Waals surface area contributed by atoms with Crippen LogP contribution in [-0.4, -0.2) is 54.3 Å². The fraction of sp³-hybridized carbons (Fsp3) is 0.208. The number of hydrogen-bond donors (Lipinski definition) is 1. The number of rotatable bonds is 3. The number of nitrogens with zero attached hydrogens (tertiary/aromatic N) is 3. The number of piperazine rings is 1. The molecule has 3 heterocycles. The number of pyridine rings is 1. The molecule has 0 spiro atoms. The second-order valence-electron chi connectivity index (χ2n) is 7.94. The molecule has 2 aliphatic heterocycles. The van der Waals surface area contributed by atoms with Crippen molar-refractivity contribution >= 4 is 57.2 Å². The highest BCUT2D eigenvalue weighted by Gasteiger charge is 2.25. The number of nitrogens with one attached hydrogen (secondary N) is 1. The lowest BCUT2D eigenvalue weighted by Crippen LogP contribution is -2.44. The van der Waals surface area contributed by atoms with Crippen molar-refractivity contribution < 1.29 is 9.59 Å². The maximum absolute atomic E-state index is 11.9. The van der Waals surface area contributed by atoms with Crippen molar-refractivity contribution in [3.63, 3.8) is 0 Å². The van der Waals surface area contributed by atoms with E-state index in [4.69, 9.17) is 11.6 Å². The molecule has 2 amide bonds. The predicted molar refractivity (Wildman–Crippen MR) is 131 cm³/mol. The van der Waals surface area contributed by atoms with E-state index in [1.807, 2.05) is 30.3 Å². The van der Waals surface area contributed by atoms with Gasteiger partial charge in [0.15, 0.2) is 0 Å². The number of likely N-dealkylation sites (N-methyl/N-ethyl adjacent to an activating group) is 1. The molecule has 162 valence electrons. The van der Waals surface area contributed by atoms with Gasteiger partial charge in [0.2, 0.25) is 0 Å². The first-order valence-corrected chi connectivity index (χ1v) is 11.5. The second kappa shape index (κ2) is 8.58. The Hall–Kier alpha value is -2.87. The number of thioether (sulfide) groups is 1. The molecule has 0 aliphatic carbocycles. The second-order valence-corrected chi connectivity index (χ2v) is 9.37. The van der Waals surface area contributed by atoms with Crippen molar-refractivity contribution in [2.24, 2.45) is 0 Å². The molecule has 1 aromatic heterocycles. The Labute approximate surface area is 195 Å². The van der Waals surface area contributed by atoms with Gasteiger partial charge in [0.25, 0.3) is 11.1 Å². The van der Waals surface area contributed by atoms with E-state index in [9.17, 15) is 9.59 Å². The van der Waals surface area contributed by atoms with E-state index < -0.39 is 0 Å². The normalized spacial score (nSPS) is 18.6. The highest BCUT2D eigenvalue weighted by atomic mass is 35.5. The molecule has 0 bridgehead atoms. The summed E-state index contributed by atoms with van der Waals surface area (Å²) in [6.45, 7) is 3.96. The largest absolute Gasteiger partial charge is 0.368 e. The van der Waals surface area contributed by atoms with Gasteiger partial charge in [-0.2, -0.15) is 0 Å². The summed E-state index contributed by atoms with van der Waals surface area (Å²) < 4.78 is 0. The predicted octanol–water partition coefficient (Wildman–Crippen LogP) is 4.63. The van der Waals surface area contributed by atoms with Crippen molar-refractivity contribution in [3.8, 4) is 11.1 Å². The minimum atomic E-state index is -0.363. The van der Waals surface area contributed by atoms with Crippen LogP contribution in [0.15, 0.2) is 53.6 Å². The molecular weight excluding hydrogens is 444 g/mol. The Morgan fingerprint density at radius 3 is 2.59 bits per heavy atom. The molecule has 6 nitrogen and oxygen atoms in total. The Kier molecular flexibility index (Phi) is 5.63. The van der Waals surface area contributed by atoms with Crippen LogP contribution in [0.3, 0.4) is 0 Å². The van der Waals surface area contributed by atoms with Crippen molar-refractivity contribution in [3.05, 3.63) is 64.2 Å². The molecule has 0 unspecified atom stereocenters. The fourth-order valence-corrected chi connectivity index (χ4v) is 5.04. The van der Waals surface area contributed by atoms with Crippen molar-refractivity contribution in [1.82, 2.24) is 15.2 Å². The SMILES string of the molecule is CN1CCN(c2ccc(-c3ccnc4ccc(C=C5SC(=O)NC5=O)cc34)cc2Cl)CC1. The van der Waals surface area contributed by atoms with Crippen LogP contribution >= 0.6 is 23.4 Å². The minimum Gasteiger partial charge on any atom is -0.368 e. The summed E-state index contributed by atoms with van der Waals surface area (Å²) in [6.07, 6.45) is 3.52. The smallest absolute Gasteiger partial charge is 0.290 e. The third-order valence-electron chi connectivity index (χ3n) is 5.81. The summed E-state index contributed by atoms with van der Waals surface area (Å²) in [5.41, 5.74) is 4.76. The van der Waals surface area contributed by atoms with Gasteiger partial charge in [-0.3, -0.25) is 19.9 Å². The van der Waals surface area contributed by atoms with Crippen LogP contribution in [0.5, 0.6) is 0 Å². The van der Waals surface area contributed by atoms with Crippen LogP contribution in [0.2, 0.25) is 5.02 Å². The highest BCUT2D eigenvalue weighted by molar-refractivity contribution is 8.18. The topological polar surface area (TPSA) is 65.5 Å². The summed E-state index contributed by atoms with van der Waals surface area (Å²) >= 11 is 7.63. The number of halogens is 1. The first-order valence-electron chi connectivity index (χ1n) is 10.3. The standard InChI is InChI=1S/C24H21ClN4O2S/c1-28-8-10-29(11-9-28)21-5-3-16(14-19(21)25)17-6-7-26-20-4-2-15(12-18(17)20)13-22-23(30)27-24(31)32-22/h2-7,12-14H,8-11H2,1H3,(H,27,30,31). The van der Waals surface area contributed by atoms with Gasteiger partial charge >= 0.3 is 0 Å². The highest BCUT2D eigenvalue weighted by Crippen LogP contribution is 2.35. The quantitative estimate of drug-likeness (QED) is 0.570. The molecule has 32 heavy (non-hydrogen) atoms. The maximum Gasteiger partial charge on any atom is 0.290 e. The van der Waals surface area contributed by atoms with Gasteiger partial charge in [-0.15, -0.1) is 0 Å². The summed E-state index contributed by atoms with van der Waals surface area (Å²) in [5.74, 6) is -0.363. The van der Waals surface area contributed by atoms with Gasteiger partial charge in [0, 0.05) is 37.8 Å². The molecular formula is C24H21ClN4O2S. The number of fused-ring (bicyclic) bond motifs is 1. The molecule has 1 N–H and O–H groups in total. The molecule has 2 saturated heterocycles. The lowest BCUT2D eigenvalue weighted by atomic mass is 9.99. The van der Waals surface area contributed by atoms with E-state index in [1.54, 1.807) is 12.3 Å². The van der Waals surface area contributed by atoms with Crippen LogP contribution in [-0.2, 0) is 4.79 Å². The number of amides is 2. The molecule has 2 aromatic carbocycles. The lowest BCUT2D eigenvalue weighted by molar-refractivity contribution is -0.115. The summed E-state index contributed by atoms with van der Waals surface area (Å²) in [4.78, 5) is 32.9.